The maximum absolute atomic E-state index is 13.7. The number of hydrogen-bond donors (Lipinski definition) is 0. The molecule has 0 bridgehead atoms. The van der Waals surface area contributed by atoms with E-state index in [0.29, 0.717) is 5.56 Å². The molecule has 0 amide bonds. The van der Waals surface area contributed by atoms with Crippen LogP contribution in [-0.2, 0) is 6.42 Å². The quantitative estimate of drug-likeness (QED) is 0.475. The highest BCUT2D eigenvalue weighted by Crippen LogP contribution is 2.32. The first-order valence-electron chi connectivity index (χ1n) is 7.25. The lowest BCUT2D eigenvalue weighted by Crippen LogP contribution is -2.19. The molecule has 0 unspecified atom stereocenters. The third kappa shape index (κ3) is 4.81. The smallest absolute Gasteiger partial charge is 0.399 e. The second-order valence-corrected chi connectivity index (χ2v) is 5.12. The minimum atomic E-state index is -5.15. The Morgan fingerprint density at radius 2 is 1.54 bits per heavy atom. The average Bonchev–Trinajstić information content (AvgIpc) is 2.51. The van der Waals surface area contributed by atoms with Crippen molar-refractivity contribution in [1.29, 1.82) is 0 Å². The molecule has 2 aromatic carbocycles. The molecule has 0 radical (unpaired) electrons. The number of benzene rings is 2. The summed E-state index contributed by atoms with van der Waals surface area (Å²) in [5.41, 5.74) is 1.69. The monoisotopic (exact) mass is 342 g/mol. The van der Waals surface area contributed by atoms with Gasteiger partial charge in [0.05, 0.1) is 0 Å². The molecular formula is C18H15F5O. The minimum absolute atomic E-state index is 0.138. The van der Waals surface area contributed by atoms with Crippen LogP contribution in [0.25, 0.3) is 11.1 Å². The molecule has 1 nitrogen and oxygen atoms in total. The van der Waals surface area contributed by atoms with Crippen LogP contribution in [-0.4, -0.2) is 6.36 Å². The summed E-state index contributed by atoms with van der Waals surface area (Å²) in [6.45, 7) is 1.93. The van der Waals surface area contributed by atoms with E-state index in [0.717, 1.165) is 30.5 Å². The molecule has 0 saturated heterocycles. The Morgan fingerprint density at radius 1 is 0.958 bits per heavy atom. The molecule has 0 aliphatic carbocycles. The van der Waals surface area contributed by atoms with Gasteiger partial charge in [0.2, 0.25) is 5.75 Å². The van der Waals surface area contributed by atoms with E-state index in [2.05, 4.69) is 4.74 Å². The van der Waals surface area contributed by atoms with Crippen LogP contribution in [0.3, 0.4) is 0 Å². The van der Waals surface area contributed by atoms with E-state index in [1.165, 1.54) is 0 Å². The number of halogens is 5. The highest BCUT2D eigenvalue weighted by atomic mass is 19.4. The lowest BCUT2D eigenvalue weighted by atomic mass is 10.0. The molecule has 0 aliphatic heterocycles. The van der Waals surface area contributed by atoms with Crippen LogP contribution in [0, 0.1) is 11.6 Å². The van der Waals surface area contributed by atoms with Crippen LogP contribution in [0.5, 0.6) is 5.75 Å². The van der Waals surface area contributed by atoms with Crippen LogP contribution in [0.1, 0.15) is 18.9 Å². The maximum Gasteiger partial charge on any atom is 0.573 e. The lowest BCUT2D eigenvalue weighted by Gasteiger charge is -2.12. The largest absolute Gasteiger partial charge is 0.573 e. The number of allylic oxidation sites excluding steroid dienone is 2. The van der Waals surface area contributed by atoms with Gasteiger partial charge in [0.15, 0.2) is 11.6 Å². The molecule has 0 fully saturated rings. The second kappa shape index (κ2) is 7.47. The summed E-state index contributed by atoms with van der Waals surface area (Å²) >= 11 is 0. The van der Waals surface area contributed by atoms with Gasteiger partial charge in [0.25, 0.3) is 0 Å². The van der Waals surface area contributed by atoms with E-state index in [1.807, 2.05) is 31.2 Å². The molecule has 0 atom stereocenters. The van der Waals surface area contributed by atoms with E-state index in [9.17, 15) is 22.0 Å². The number of alkyl halides is 3. The first-order chi connectivity index (χ1) is 11.3. The Balaban J connectivity index is 2.23. The van der Waals surface area contributed by atoms with Crippen molar-refractivity contribution in [3.8, 4) is 16.9 Å². The Morgan fingerprint density at radius 3 is 2.04 bits per heavy atom. The van der Waals surface area contributed by atoms with Gasteiger partial charge >= 0.3 is 6.36 Å². The van der Waals surface area contributed by atoms with Crippen LogP contribution >= 0.6 is 0 Å². The minimum Gasteiger partial charge on any atom is -0.399 e. The average molecular weight is 342 g/mol. The van der Waals surface area contributed by atoms with Gasteiger partial charge in [-0.25, -0.2) is 8.78 Å². The number of aryl methyl sites for hydroxylation is 1. The molecular weight excluding hydrogens is 327 g/mol. The molecule has 2 rings (SSSR count). The fourth-order valence-electron chi connectivity index (χ4n) is 2.22. The third-order valence-electron chi connectivity index (χ3n) is 3.34. The van der Waals surface area contributed by atoms with Crippen LogP contribution in [0.4, 0.5) is 22.0 Å². The first kappa shape index (κ1) is 18.0. The number of hydrogen-bond acceptors (Lipinski definition) is 1. The normalized spacial score (nSPS) is 11.9. The summed E-state index contributed by atoms with van der Waals surface area (Å²) in [6.07, 6.45) is 0.522. The van der Waals surface area contributed by atoms with Crippen molar-refractivity contribution in [2.75, 3.05) is 0 Å². The van der Waals surface area contributed by atoms with Crippen LogP contribution in [0.2, 0.25) is 0 Å². The summed E-state index contributed by atoms with van der Waals surface area (Å²) in [4.78, 5) is 0. The summed E-state index contributed by atoms with van der Waals surface area (Å²) < 4.78 is 67.3. The lowest BCUT2D eigenvalue weighted by molar-refractivity contribution is -0.276. The Hall–Kier alpha value is -2.37. The standard InChI is InChI=1S/C18H15F5O/c1-2-3-4-5-12-6-8-13(9-7-12)14-10-15(19)17(16(20)11-14)24-18(21,22)23/h2-3,6-11H,4-5H2,1H3. The second-order valence-electron chi connectivity index (χ2n) is 5.12. The molecule has 6 heteroatoms. The molecule has 24 heavy (non-hydrogen) atoms. The van der Waals surface area contributed by atoms with Crippen molar-refractivity contribution in [2.24, 2.45) is 0 Å². The zero-order valence-electron chi connectivity index (χ0n) is 12.8. The molecule has 0 aliphatic rings. The Kier molecular flexibility index (Phi) is 5.59. The van der Waals surface area contributed by atoms with Crippen molar-refractivity contribution in [3.63, 3.8) is 0 Å². The first-order valence-corrected chi connectivity index (χ1v) is 7.25. The van der Waals surface area contributed by atoms with Gasteiger partial charge < -0.3 is 4.74 Å². The molecule has 0 N–H and O–H groups in total. The molecule has 128 valence electrons. The van der Waals surface area contributed by atoms with Gasteiger partial charge in [-0.15, -0.1) is 13.2 Å². The predicted molar refractivity (Wildman–Crippen MR) is 81.6 cm³/mol. The van der Waals surface area contributed by atoms with Crippen molar-refractivity contribution >= 4 is 0 Å². The fraction of sp³-hybridized carbons (Fsp3) is 0.222. The Bertz CT molecular complexity index is 694. The van der Waals surface area contributed by atoms with E-state index in [-0.39, 0.29) is 5.56 Å². The molecule has 0 aromatic heterocycles. The van der Waals surface area contributed by atoms with Crippen LogP contribution in [0.15, 0.2) is 48.6 Å². The van der Waals surface area contributed by atoms with Gasteiger partial charge in [-0.2, -0.15) is 0 Å². The Labute approximate surface area is 136 Å². The SMILES string of the molecule is CC=CCCc1ccc(-c2cc(F)c(OC(F)(F)F)c(F)c2)cc1. The highest BCUT2D eigenvalue weighted by molar-refractivity contribution is 5.65. The zero-order chi connectivity index (χ0) is 17.7. The van der Waals surface area contributed by atoms with Crippen molar-refractivity contribution in [2.45, 2.75) is 26.1 Å². The molecule has 0 heterocycles. The van der Waals surface area contributed by atoms with E-state index < -0.39 is 23.7 Å². The zero-order valence-corrected chi connectivity index (χ0v) is 12.8. The molecule has 0 saturated carbocycles. The van der Waals surface area contributed by atoms with Crippen molar-refractivity contribution in [1.82, 2.24) is 0 Å². The van der Waals surface area contributed by atoms with Crippen molar-refractivity contribution in [3.05, 3.63) is 65.7 Å². The predicted octanol–water partition coefficient (Wildman–Crippen LogP) is 6.04. The molecule has 2 aromatic rings. The van der Waals surface area contributed by atoms with Gasteiger partial charge in [0, 0.05) is 0 Å². The summed E-state index contributed by atoms with van der Waals surface area (Å²) in [6, 6.07) is 8.61. The van der Waals surface area contributed by atoms with Gasteiger partial charge in [-0.3, -0.25) is 0 Å². The van der Waals surface area contributed by atoms with Crippen LogP contribution < -0.4 is 4.74 Å². The third-order valence-corrected chi connectivity index (χ3v) is 3.34. The summed E-state index contributed by atoms with van der Waals surface area (Å²) in [7, 11) is 0. The highest BCUT2D eigenvalue weighted by Gasteiger charge is 2.34. The topological polar surface area (TPSA) is 9.23 Å². The summed E-state index contributed by atoms with van der Waals surface area (Å²) in [5, 5.41) is 0. The summed E-state index contributed by atoms with van der Waals surface area (Å²) in [5.74, 6) is -4.26. The number of ether oxygens (including phenoxy) is 1. The van der Waals surface area contributed by atoms with E-state index >= 15 is 0 Å². The van der Waals surface area contributed by atoms with E-state index in [1.54, 1.807) is 12.1 Å². The maximum atomic E-state index is 13.7. The van der Waals surface area contributed by atoms with Gasteiger partial charge in [-0.05, 0) is 48.6 Å². The van der Waals surface area contributed by atoms with Gasteiger partial charge in [0.1, 0.15) is 0 Å². The van der Waals surface area contributed by atoms with Gasteiger partial charge in [-0.1, -0.05) is 36.4 Å². The van der Waals surface area contributed by atoms with E-state index in [4.69, 9.17) is 0 Å². The molecule has 0 spiro atoms. The van der Waals surface area contributed by atoms with Crippen molar-refractivity contribution < 1.29 is 26.7 Å². The fourth-order valence-corrected chi connectivity index (χ4v) is 2.22. The number of rotatable bonds is 5.